The van der Waals surface area contributed by atoms with Gasteiger partial charge in [0.1, 0.15) is 5.51 Å². The second kappa shape index (κ2) is 6.35. The number of rotatable bonds is 4. The molecule has 0 spiro atoms. The van der Waals surface area contributed by atoms with Crippen LogP contribution in [0.2, 0.25) is 0 Å². The minimum atomic E-state index is 0.124. The van der Waals surface area contributed by atoms with Gasteiger partial charge in [0.15, 0.2) is 4.34 Å². The summed E-state index contributed by atoms with van der Waals surface area (Å²) in [6.45, 7) is 7.36. The third-order valence-corrected chi connectivity index (χ3v) is 4.88. The van der Waals surface area contributed by atoms with Crippen molar-refractivity contribution in [2.45, 2.75) is 42.1 Å². The van der Waals surface area contributed by atoms with Crippen molar-refractivity contribution in [2.75, 3.05) is 0 Å². The van der Waals surface area contributed by atoms with Crippen molar-refractivity contribution in [1.29, 1.82) is 0 Å². The fraction of sp³-hybridized carbons (Fsp3) is 0.385. The van der Waals surface area contributed by atoms with Gasteiger partial charge in [-0.15, -0.1) is 10.2 Å². The van der Waals surface area contributed by atoms with Crippen LogP contribution in [-0.4, -0.2) is 15.7 Å². The van der Waals surface area contributed by atoms with Gasteiger partial charge in [-0.1, -0.05) is 45.1 Å². The van der Waals surface area contributed by atoms with Crippen molar-refractivity contribution in [3.05, 3.63) is 33.7 Å². The highest BCUT2D eigenvalue weighted by Gasteiger charge is 2.10. The van der Waals surface area contributed by atoms with Gasteiger partial charge in [-0.05, 0) is 38.5 Å². The number of hydrogen-bond donors (Lipinski definition) is 1. The molecule has 0 unspecified atom stereocenters. The highest BCUT2D eigenvalue weighted by atomic mass is 79.9. The molecule has 0 radical (unpaired) electrons. The fourth-order valence-corrected chi connectivity index (χ4v) is 3.57. The van der Waals surface area contributed by atoms with Crippen molar-refractivity contribution in [2.24, 2.45) is 0 Å². The van der Waals surface area contributed by atoms with Crippen LogP contribution in [0, 0.1) is 0 Å². The molecular weight excluding hydrogens is 342 g/mol. The van der Waals surface area contributed by atoms with Gasteiger partial charge < -0.3 is 5.32 Å². The zero-order valence-electron chi connectivity index (χ0n) is 11.1. The van der Waals surface area contributed by atoms with Crippen LogP contribution in [-0.2, 0) is 6.54 Å². The summed E-state index contributed by atoms with van der Waals surface area (Å²) in [7, 11) is 0. The monoisotopic (exact) mass is 357 g/mol. The molecule has 1 aromatic carbocycles. The normalized spacial score (nSPS) is 11.8. The van der Waals surface area contributed by atoms with Crippen LogP contribution < -0.4 is 5.32 Å². The van der Waals surface area contributed by atoms with Gasteiger partial charge >= 0.3 is 0 Å². The highest BCUT2D eigenvalue weighted by molar-refractivity contribution is 9.10. The van der Waals surface area contributed by atoms with E-state index in [1.54, 1.807) is 28.6 Å². The minimum absolute atomic E-state index is 0.124. The molecule has 0 bridgehead atoms. The van der Waals surface area contributed by atoms with Crippen LogP contribution in [0.25, 0.3) is 0 Å². The van der Waals surface area contributed by atoms with Crippen LogP contribution in [0.3, 0.4) is 0 Å². The maximum Gasteiger partial charge on any atom is 0.178 e. The third-order valence-electron chi connectivity index (χ3n) is 2.38. The molecule has 0 saturated heterocycles. The summed E-state index contributed by atoms with van der Waals surface area (Å²) < 4.78 is 2.09. The lowest BCUT2D eigenvalue weighted by atomic mass is 10.1. The Morgan fingerprint density at radius 2 is 2.16 bits per heavy atom. The predicted octanol–water partition coefficient (Wildman–Crippen LogP) is 4.34. The van der Waals surface area contributed by atoms with Gasteiger partial charge in [-0.25, -0.2) is 0 Å². The first-order valence-corrected chi connectivity index (χ1v) is 8.40. The molecule has 6 heteroatoms. The van der Waals surface area contributed by atoms with Crippen LogP contribution in [0.15, 0.2) is 37.4 Å². The lowest BCUT2D eigenvalue weighted by molar-refractivity contribution is 0.424. The van der Waals surface area contributed by atoms with Crippen LogP contribution >= 0.6 is 39.0 Å². The van der Waals surface area contributed by atoms with Crippen LogP contribution in [0.1, 0.15) is 26.3 Å². The van der Waals surface area contributed by atoms with Crippen molar-refractivity contribution < 1.29 is 0 Å². The summed E-state index contributed by atoms with van der Waals surface area (Å²) in [5.74, 6) is 0. The average molecular weight is 358 g/mol. The Morgan fingerprint density at radius 1 is 1.37 bits per heavy atom. The van der Waals surface area contributed by atoms with E-state index in [9.17, 15) is 0 Å². The van der Waals surface area contributed by atoms with E-state index in [2.05, 4.69) is 70.4 Å². The second-order valence-electron chi connectivity index (χ2n) is 5.16. The lowest BCUT2D eigenvalue weighted by Gasteiger charge is -2.21. The molecule has 1 N–H and O–H groups in total. The second-order valence-corrected chi connectivity index (χ2v) is 8.17. The van der Waals surface area contributed by atoms with Gasteiger partial charge in [0.05, 0.1) is 0 Å². The standard InChI is InChI=1S/C13H16BrN3S2/c1-13(2,3)15-7-9-4-5-10(6-11(9)14)19-12-17-16-8-18-12/h4-6,8,15H,7H2,1-3H3. The number of hydrogen-bond acceptors (Lipinski definition) is 5. The number of nitrogens with one attached hydrogen (secondary N) is 1. The van der Waals surface area contributed by atoms with E-state index in [4.69, 9.17) is 0 Å². The molecule has 0 aliphatic heterocycles. The maximum absolute atomic E-state index is 4.04. The van der Waals surface area contributed by atoms with Gasteiger partial charge in [-0.2, -0.15) is 0 Å². The molecule has 0 fully saturated rings. The predicted molar refractivity (Wildman–Crippen MR) is 84.8 cm³/mol. The largest absolute Gasteiger partial charge is 0.308 e. The lowest BCUT2D eigenvalue weighted by Crippen LogP contribution is -2.35. The summed E-state index contributed by atoms with van der Waals surface area (Å²) in [4.78, 5) is 1.17. The van der Waals surface area contributed by atoms with Crippen molar-refractivity contribution >= 4 is 39.0 Å². The SMILES string of the molecule is CC(C)(C)NCc1ccc(Sc2nncs2)cc1Br. The van der Waals surface area contributed by atoms with E-state index in [1.165, 1.54) is 10.5 Å². The molecule has 0 atom stereocenters. The quantitative estimate of drug-likeness (QED) is 0.882. The Hall–Kier alpha value is -0.430. The number of halogens is 1. The molecule has 3 nitrogen and oxygen atoms in total. The molecule has 1 heterocycles. The minimum Gasteiger partial charge on any atom is -0.308 e. The number of benzene rings is 1. The van der Waals surface area contributed by atoms with Crippen LogP contribution in [0.5, 0.6) is 0 Å². The summed E-state index contributed by atoms with van der Waals surface area (Å²) in [6.07, 6.45) is 0. The molecule has 102 valence electrons. The topological polar surface area (TPSA) is 37.8 Å². The third kappa shape index (κ3) is 4.87. The number of nitrogens with zero attached hydrogens (tertiary/aromatic N) is 2. The Kier molecular flexibility index (Phi) is 5.00. The van der Waals surface area contributed by atoms with Crippen molar-refractivity contribution in [3.8, 4) is 0 Å². The maximum atomic E-state index is 4.04. The number of aromatic nitrogens is 2. The molecule has 19 heavy (non-hydrogen) atoms. The molecular formula is C13H16BrN3S2. The van der Waals surface area contributed by atoms with Gasteiger partial charge in [0.2, 0.25) is 0 Å². The Balaban J connectivity index is 2.04. The molecule has 2 aromatic rings. The molecule has 2 rings (SSSR count). The van der Waals surface area contributed by atoms with E-state index in [1.807, 2.05) is 0 Å². The molecule has 1 aromatic heterocycles. The summed E-state index contributed by atoms with van der Waals surface area (Å²) in [6, 6.07) is 6.40. The molecule has 0 aliphatic carbocycles. The average Bonchev–Trinajstić information content (AvgIpc) is 2.79. The smallest absolute Gasteiger partial charge is 0.178 e. The first-order valence-electron chi connectivity index (χ1n) is 5.91. The van der Waals surface area contributed by atoms with Gasteiger partial charge in [0, 0.05) is 21.5 Å². The van der Waals surface area contributed by atoms with Gasteiger partial charge in [-0.3, -0.25) is 0 Å². The zero-order chi connectivity index (χ0) is 13.9. The van der Waals surface area contributed by atoms with Crippen molar-refractivity contribution in [1.82, 2.24) is 15.5 Å². The van der Waals surface area contributed by atoms with Gasteiger partial charge in [0.25, 0.3) is 0 Å². The summed E-state index contributed by atoms with van der Waals surface area (Å²) in [5.41, 5.74) is 3.13. The van der Waals surface area contributed by atoms with Crippen molar-refractivity contribution in [3.63, 3.8) is 0 Å². The zero-order valence-corrected chi connectivity index (χ0v) is 14.3. The van der Waals surface area contributed by atoms with E-state index in [0.717, 1.165) is 15.4 Å². The molecule has 0 aliphatic rings. The Bertz CT molecular complexity index is 535. The Labute approximate surface area is 130 Å². The molecule has 0 amide bonds. The summed E-state index contributed by atoms with van der Waals surface area (Å²) >= 11 is 6.82. The first-order chi connectivity index (χ1) is 8.94. The van der Waals surface area contributed by atoms with E-state index in [-0.39, 0.29) is 5.54 Å². The Morgan fingerprint density at radius 3 is 2.74 bits per heavy atom. The van der Waals surface area contributed by atoms with E-state index >= 15 is 0 Å². The van der Waals surface area contributed by atoms with Crippen LogP contribution in [0.4, 0.5) is 0 Å². The van der Waals surface area contributed by atoms with E-state index < -0.39 is 0 Å². The first kappa shape index (κ1) is 15.0. The summed E-state index contributed by atoms with van der Waals surface area (Å²) in [5, 5.41) is 11.4. The fourth-order valence-electron chi connectivity index (χ4n) is 1.40. The molecule has 0 saturated carbocycles. The van der Waals surface area contributed by atoms with E-state index in [0.29, 0.717) is 0 Å². The highest BCUT2D eigenvalue weighted by Crippen LogP contribution is 2.31.